The highest BCUT2D eigenvalue weighted by molar-refractivity contribution is 4.86. The third kappa shape index (κ3) is 8.51. The number of allylic oxidation sites excluding steroid dienone is 1. The van der Waals surface area contributed by atoms with Gasteiger partial charge in [0, 0.05) is 0 Å². The molecule has 1 unspecified atom stereocenters. The molecule has 0 radical (unpaired) electrons. The first-order chi connectivity index (χ1) is 5.48. The molecule has 13 heavy (non-hydrogen) atoms. The van der Waals surface area contributed by atoms with Crippen molar-refractivity contribution in [1.82, 2.24) is 0 Å². The summed E-state index contributed by atoms with van der Waals surface area (Å²) in [5, 5.41) is 0. The van der Waals surface area contributed by atoms with Crippen molar-refractivity contribution in [2.45, 2.75) is 39.2 Å². The fourth-order valence-electron chi connectivity index (χ4n) is 0.873. The van der Waals surface area contributed by atoms with Crippen LogP contribution in [0.2, 0.25) is 0 Å². The second-order valence-electron chi connectivity index (χ2n) is 4.43. The van der Waals surface area contributed by atoms with Crippen molar-refractivity contribution in [3.63, 3.8) is 0 Å². The number of rotatable bonds is 5. The molecule has 0 saturated heterocycles. The second-order valence-corrected chi connectivity index (χ2v) is 4.43. The highest BCUT2D eigenvalue weighted by Gasteiger charge is 2.13. The summed E-state index contributed by atoms with van der Waals surface area (Å²) in [6.45, 7) is 4.50. The predicted molar refractivity (Wildman–Crippen MR) is 56.2 cm³/mol. The molecule has 0 aromatic carbocycles. The Balaban J connectivity index is 0. The lowest BCUT2D eigenvalue weighted by molar-refractivity contribution is -0.887. The number of hydrogen-bond donors (Lipinski definition) is 0. The van der Waals surface area contributed by atoms with Gasteiger partial charge in [-0.1, -0.05) is 25.8 Å². The maximum atomic E-state index is 2.33. The highest BCUT2D eigenvalue weighted by Crippen LogP contribution is 2.04. The van der Waals surface area contributed by atoms with Crippen LogP contribution in [0.15, 0.2) is 12.2 Å². The Morgan fingerprint density at radius 3 is 2.15 bits per heavy atom. The molecule has 0 saturated carbocycles. The van der Waals surface area contributed by atoms with E-state index in [2.05, 4.69) is 47.1 Å². The molecular formula is C11H24BrN. The quantitative estimate of drug-likeness (QED) is 0.361. The normalized spacial score (nSPS) is 14.2. The minimum absolute atomic E-state index is 0. The third-order valence-electron chi connectivity index (χ3n) is 2.36. The summed E-state index contributed by atoms with van der Waals surface area (Å²) >= 11 is 0. The molecule has 0 aromatic heterocycles. The molecule has 80 valence electrons. The van der Waals surface area contributed by atoms with Crippen LogP contribution in [0.3, 0.4) is 0 Å². The Morgan fingerprint density at radius 1 is 1.23 bits per heavy atom. The van der Waals surface area contributed by atoms with Gasteiger partial charge in [0.15, 0.2) is 0 Å². The van der Waals surface area contributed by atoms with Crippen molar-refractivity contribution in [3.05, 3.63) is 12.2 Å². The molecule has 0 aliphatic carbocycles. The summed E-state index contributed by atoms with van der Waals surface area (Å²) in [6.07, 6.45) is 8.50. The van der Waals surface area contributed by atoms with Crippen LogP contribution in [-0.2, 0) is 0 Å². The number of hydrogen-bond acceptors (Lipinski definition) is 0. The van der Waals surface area contributed by atoms with E-state index in [0.29, 0.717) is 6.04 Å². The zero-order chi connectivity index (χ0) is 9.61. The van der Waals surface area contributed by atoms with Crippen LogP contribution in [0.1, 0.15) is 33.1 Å². The maximum absolute atomic E-state index is 2.33. The van der Waals surface area contributed by atoms with Crippen LogP contribution >= 0.6 is 0 Å². The van der Waals surface area contributed by atoms with Gasteiger partial charge in [0.2, 0.25) is 0 Å². The minimum atomic E-state index is 0. The van der Waals surface area contributed by atoms with Gasteiger partial charge in [-0.3, -0.25) is 0 Å². The van der Waals surface area contributed by atoms with Gasteiger partial charge >= 0.3 is 0 Å². The lowest BCUT2D eigenvalue weighted by Gasteiger charge is -2.29. The Morgan fingerprint density at radius 2 is 1.77 bits per heavy atom. The van der Waals surface area contributed by atoms with E-state index >= 15 is 0 Å². The molecule has 0 heterocycles. The van der Waals surface area contributed by atoms with Gasteiger partial charge in [-0.2, -0.15) is 0 Å². The first-order valence-corrected chi connectivity index (χ1v) is 4.96. The highest BCUT2D eigenvalue weighted by atomic mass is 79.9. The van der Waals surface area contributed by atoms with Crippen LogP contribution in [0, 0.1) is 0 Å². The molecule has 0 N–H and O–H groups in total. The van der Waals surface area contributed by atoms with Crippen molar-refractivity contribution in [2.75, 3.05) is 21.1 Å². The van der Waals surface area contributed by atoms with Crippen LogP contribution in [0.4, 0.5) is 0 Å². The number of likely N-dealkylation sites (N-methyl/N-ethyl adjacent to an activating group) is 1. The van der Waals surface area contributed by atoms with Crippen molar-refractivity contribution >= 4 is 0 Å². The SMILES string of the molecule is CCCC/C=C/C(C)[N+](C)(C)C.[Br-]. The van der Waals surface area contributed by atoms with Crippen molar-refractivity contribution < 1.29 is 21.5 Å². The van der Waals surface area contributed by atoms with Crippen LogP contribution in [0.25, 0.3) is 0 Å². The topological polar surface area (TPSA) is 0 Å². The Bertz CT molecular complexity index is 136. The molecule has 0 fully saturated rings. The molecule has 0 rings (SSSR count). The largest absolute Gasteiger partial charge is 1.00 e. The molecule has 0 spiro atoms. The predicted octanol–water partition coefficient (Wildman–Crippen LogP) is -0.168. The van der Waals surface area contributed by atoms with Gasteiger partial charge in [-0.05, 0) is 19.4 Å². The Labute approximate surface area is 94.2 Å². The molecule has 0 aromatic rings. The zero-order valence-corrected chi connectivity index (χ0v) is 11.3. The second kappa shape index (κ2) is 7.57. The Kier molecular flexibility index (Phi) is 9.11. The van der Waals surface area contributed by atoms with E-state index in [1.54, 1.807) is 0 Å². The standard InChI is InChI=1S/C11H24N.BrH/c1-6-7-8-9-10-11(2)12(3,4)5;/h9-11H,6-8H2,1-5H3;1H/q+1;/p-1/b10-9+;. The molecule has 0 aliphatic rings. The van der Waals surface area contributed by atoms with Gasteiger partial charge in [0.05, 0.1) is 21.1 Å². The first kappa shape index (κ1) is 15.6. The average Bonchev–Trinajstić information content (AvgIpc) is 1.96. The van der Waals surface area contributed by atoms with E-state index in [0.717, 1.165) is 4.48 Å². The molecule has 2 heteroatoms. The smallest absolute Gasteiger partial charge is 0.104 e. The Hall–Kier alpha value is 0.180. The van der Waals surface area contributed by atoms with E-state index in [-0.39, 0.29) is 17.0 Å². The van der Waals surface area contributed by atoms with Gasteiger partial charge < -0.3 is 21.5 Å². The summed E-state index contributed by atoms with van der Waals surface area (Å²) in [5.74, 6) is 0. The van der Waals surface area contributed by atoms with Crippen molar-refractivity contribution in [1.29, 1.82) is 0 Å². The van der Waals surface area contributed by atoms with Gasteiger partial charge in [-0.25, -0.2) is 0 Å². The lowest BCUT2D eigenvalue weighted by Crippen LogP contribution is -3.00. The first-order valence-electron chi connectivity index (χ1n) is 4.96. The summed E-state index contributed by atoms with van der Waals surface area (Å²) in [6, 6.07) is 0.627. The van der Waals surface area contributed by atoms with E-state index in [4.69, 9.17) is 0 Å². The molecule has 0 aliphatic heterocycles. The summed E-state index contributed by atoms with van der Waals surface area (Å²) < 4.78 is 1.02. The number of unbranched alkanes of at least 4 members (excludes halogenated alkanes) is 2. The summed E-state index contributed by atoms with van der Waals surface area (Å²) in [7, 11) is 6.69. The molecule has 1 atom stereocenters. The minimum Gasteiger partial charge on any atom is -1.00 e. The van der Waals surface area contributed by atoms with Gasteiger partial charge in [0.25, 0.3) is 0 Å². The summed E-state index contributed by atoms with van der Waals surface area (Å²) in [5.41, 5.74) is 0. The lowest BCUT2D eigenvalue weighted by atomic mass is 10.2. The van der Waals surface area contributed by atoms with Gasteiger partial charge in [0.1, 0.15) is 6.04 Å². The van der Waals surface area contributed by atoms with Crippen molar-refractivity contribution in [2.24, 2.45) is 0 Å². The fourth-order valence-corrected chi connectivity index (χ4v) is 0.873. The van der Waals surface area contributed by atoms with Gasteiger partial charge in [-0.15, -0.1) is 0 Å². The zero-order valence-electron chi connectivity index (χ0n) is 9.68. The van der Waals surface area contributed by atoms with Crippen LogP contribution in [-0.4, -0.2) is 31.7 Å². The third-order valence-corrected chi connectivity index (χ3v) is 2.36. The maximum Gasteiger partial charge on any atom is 0.104 e. The van der Waals surface area contributed by atoms with Crippen LogP contribution in [0.5, 0.6) is 0 Å². The van der Waals surface area contributed by atoms with E-state index in [9.17, 15) is 0 Å². The molecule has 0 amide bonds. The number of nitrogens with zero attached hydrogens (tertiary/aromatic N) is 1. The molecule has 1 nitrogen and oxygen atoms in total. The van der Waals surface area contributed by atoms with Crippen molar-refractivity contribution in [3.8, 4) is 0 Å². The number of halogens is 1. The number of quaternary nitrogens is 1. The van der Waals surface area contributed by atoms with Crippen LogP contribution < -0.4 is 17.0 Å². The fraction of sp³-hybridized carbons (Fsp3) is 0.818. The monoisotopic (exact) mass is 249 g/mol. The van der Waals surface area contributed by atoms with E-state index in [1.807, 2.05) is 0 Å². The van der Waals surface area contributed by atoms with E-state index < -0.39 is 0 Å². The van der Waals surface area contributed by atoms with E-state index in [1.165, 1.54) is 19.3 Å². The molecular weight excluding hydrogens is 226 g/mol. The average molecular weight is 250 g/mol. The molecule has 0 bridgehead atoms. The summed E-state index contributed by atoms with van der Waals surface area (Å²) in [4.78, 5) is 0.